The third-order valence-corrected chi connectivity index (χ3v) is 8.14. The molecule has 0 fully saturated rings. The van der Waals surface area contributed by atoms with Crippen LogP contribution in [0.2, 0.25) is 0 Å². The van der Waals surface area contributed by atoms with Crippen molar-refractivity contribution < 1.29 is 10.2 Å². The van der Waals surface area contributed by atoms with Gasteiger partial charge in [-0.1, -0.05) is 30.3 Å². The van der Waals surface area contributed by atoms with Crippen LogP contribution >= 0.6 is 11.3 Å². The number of thiophene rings is 1. The monoisotopic (exact) mass is 523 g/mol. The van der Waals surface area contributed by atoms with Crippen LogP contribution in [-0.2, 0) is 25.9 Å². The predicted molar refractivity (Wildman–Crippen MR) is 148 cm³/mol. The Labute approximate surface area is 222 Å². The van der Waals surface area contributed by atoms with Crippen molar-refractivity contribution in [2.75, 3.05) is 11.9 Å². The molecule has 4 heterocycles. The van der Waals surface area contributed by atoms with Crippen molar-refractivity contribution in [3.8, 4) is 10.4 Å². The zero-order valence-corrected chi connectivity index (χ0v) is 21.3. The van der Waals surface area contributed by atoms with Crippen molar-refractivity contribution in [2.45, 2.75) is 32.0 Å². The third kappa shape index (κ3) is 4.03. The molecule has 10 heteroatoms. The standard InChI is InChI=1S/C28H25N7O2S/c36-15-20(37)13-34-14-22-23(33-34)8-7-21-25-27(29-16-30-28(25)38-26(21)22)32-19-6-9-24-18(10-19)11-31-35(24)12-17-4-2-1-3-5-17/h1-6,9-11,14,16,20,36-37H,7-8,12-13,15H2,(H,29,30,32)/t20-/m0/s1. The van der Waals surface area contributed by atoms with E-state index in [2.05, 4.69) is 55.8 Å². The molecule has 6 aromatic rings. The smallest absolute Gasteiger partial charge is 0.142 e. The van der Waals surface area contributed by atoms with Crippen molar-refractivity contribution in [2.24, 2.45) is 0 Å². The van der Waals surface area contributed by atoms with Gasteiger partial charge in [-0.05, 0) is 42.2 Å². The van der Waals surface area contributed by atoms with E-state index in [1.807, 2.05) is 35.3 Å². The van der Waals surface area contributed by atoms with Crippen molar-refractivity contribution in [1.82, 2.24) is 29.5 Å². The van der Waals surface area contributed by atoms with E-state index in [4.69, 9.17) is 0 Å². The zero-order valence-electron chi connectivity index (χ0n) is 20.4. The number of aliphatic hydroxyl groups is 2. The number of nitrogens with zero attached hydrogens (tertiary/aromatic N) is 6. The Morgan fingerprint density at radius 1 is 1.08 bits per heavy atom. The topological polar surface area (TPSA) is 114 Å². The van der Waals surface area contributed by atoms with E-state index in [1.54, 1.807) is 22.3 Å². The summed E-state index contributed by atoms with van der Waals surface area (Å²) in [4.78, 5) is 11.3. The fourth-order valence-electron chi connectivity index (χ4n) is 5.17. The molecule has 0 bridgehead atoms. The number of fused-ring (bicyclic) bond motifs is 6. The highest BCUT2D eigenvalue weighted by molar-refractivity contribution is 7.22. The largest absolute Gasteiger partial charge is 0.394 e. The molecule has 4 aromatic heterocycles. The molecule has 0 amide bonds. The number of rotatable bonds is 7. The summed E-state index contributed by atoms with van der Waals surface area (Å²) in [6.45, 7) is 0.700. The van der Waals surface area contributed by atoms with E-state index in [0.29, 0.717) is 0 Å². The van der Waals surface area contributed by atoms with E-state index in [0.717, 1.165) is 68.1 Å². The van der Waals surface area contributed by atoms with Gasteiger partial charge in [0.15, 0.2) is 0 Å². The molecule has 1 aliphatic rings. The second kappa shape index (κ2) is 9.32. The van der Waals surface area contributed by atoms with Gasteiger partial charge in [0, 0.05) is 27.7 Å². The fourth-order valence-corrected chi connectivity index (χ4v) is 6.39. The number of aromatic nitrogens is 6. The Kier molecular flexibility index (Phi) is 5.65. The highest BCUT2D eigenvalue weighted by atomic mass is 32.1. The maximum absolute atomic E-state index is 9.85. The van der Waals surface area contributed by atoms with Crippen LogP contribution in [-0.4, -0.2) is 52.5 Å². The lowest BCUT2D eigenvalue weighted by molar-refractivity contribution is 0.0782. The maximum atomic E-state index is 9.85. The van der Waals surface area contributed by atoms with Gasteiger partial charge in [0.05, 0.1) is 48.6 Å². The van der Waals surface area contributed by atoms with Gasteiger partial charge < -0.3 is 15.5 Å². The van der Waals surface area contributed by atoms with E-state index >= 15 is 0 Å². The summed E-state index contributed by atoms with van der Waals surface area (Å²) in [7, 11) is 0. The Balaban J connectivity index is 1.21. The average molecular weight is 524 g/mol. The van der Waals surface area contributed by atoms with Crippen molar-refractivity contribution in [3.63, 3.8) is 0 Å². The molecule has 0 spiro atoms. The minimum absolute atomic E-state index is 0.265. The number of anilines is 2. The molecular weight excluding hydrogens is 498 g/mol. The normalized spacial score (nSPS) is 13.5. The second-order valence-corrected chi connectivity index (χ2v) is 10.5. The van der Waals surface area contributed by atoms with Crippen LogP contribution in [0.5, 0.6) is 0 Å². The average Bonchev–Trinajstić information content (AvgIpc) is 3.64. The van der Waals surface area contributed by atoms with E-state index in [-0.39, 0.29) is 13.2 Å². The molecule has 1 aliphatic carbocycles. The molecular formula is C28H25N7O2S. The van der Waals surface area contributed by atoms with Crippen LogP contribution < -0.4 is 5.32 Å². The lowest BCUT2D eigenvalue weighted by Crippen LogP contribution is -2.20. The van der Waals surface area contributed by atoms with Gasteiger partial charge in [-0.15, -0.1) is 11.3 Å². The number of hydrogen-bond acceptors (Lipinski definition) is 8. The summed E-state index contributed by atoms with van der Waals surface area (Å²) in [6, 6.07) is 16.6. The minimum atomic E-state index is -0.831. The van der Waals surface area contributed by atoms with Gasteiger partial charge in [-0.2, -0.15) is 10.2 Å². The van der Waals surface area contributed by atoms with Gasteiger partial charge in [0.1, 0.15) is 17.0 Å². The first-order valence-electron chi connectivity index (χ1n) is 12.5. The molecule has 0 aliphatic heterocycles. The molecule has 7 rings (SSSR count). The third-order valence-electron chi connectivity index (χ3n) is 6.97. The first-order valence-corrected chi connectivity index (χ1v) is 13.4. The van der Waals surface area contributed by atoms with Crippen LogP contribution in [0.25, 0.3) is 31.6 Å². The Hall–Kier alpha value is -4.12. The highest BCUT2D eigenvalue weighted by Gasteiger charge is 2.26. The molecule has 1 atom stereocenters. The van der Waals surface area contributed by atoms with Crippen LogP contribution in [0.4, 0.5) is 11.5 Å². The van der Waals surface area contributed by atoms with Gasteiger partial charge >= 0.3 is 0 Å². The fraction of sp³-hybridized carbons (Fsp3) is 0.214. The van der Waals surface area contributed by atoms with Gasteiger partial charge in [-0.25, -0.2) is 9.97 Å². The summed E-state index contributed by atoms with van der Waals surface area (Å²) in [5, 5.41) is 34.0. The van der Waals surface area contributed by atoms with Crippen LogP contribution in [0.3, 0.4) is 0 Å². The molecule has 38 heavy (non-hydrogen) atoms. The maximum Gasteiger partial charge on any atom is 0.142 e. The quantitative estimate of drug-likeness (QED) is 0.288. The summed E-state index contributed by atoms with van der Waals surface area (Å²) < 4.78 is 3.74. The number of aryl methyl sites for hydroxylation is 2. The van der Waals surface area contributed by atoms with Crippen molar-refractivity contribution in [3.05, 3.63) is 84.1 Å². The van der Waals surface area contributed by atoms with Gasteiger partial charge in [0.2, 0.25) is 0 Å². The first-order chi connectivity index (χ1) is 18.7. The second-order valence-electron chi connectivity index (χ2n) is 9.55. The molecule has 0 saturated heterocycles. The molecule has 2 aromatic carbocycles. The molecule has 9 nitrogen and oxygen atoms in total. The minimum Gasteiger partial charge on any atom is -0.394 e. The lowest BCUT2D eigenvalue weighted by atomic mass is 9.95. The Morgan fingerprint density at radius 2 is 1.97 bits per heavy atom. The molecule has 0 saturated carbocycles. The summed E-state index contributed by atoms with van der Waals surface area (Å²) in [6.07, 6.45) is 6.28. The molecule has 0 radical (unpaired) electrons. The number of benzene rings is 2. The highest BCUT2D eigenvalue weighted by Crippen LogP contribution is 2.45. The predicted octanol–water partition coefficient (Wildman–Crippen LogP) is 4.15. The lowest BCUT2D eigenvalue weighted by Gasteiger charge is -2.12. The summed E-state index contributed by atoms with van der Waals surface area (Å²) in [5.74, 6) is 0.787. The number of nitrogens with one attached hydrogen (secondary N) is 1. The Bertz CT molecular complexity index is 1770. The molecule has 3 N–H and O–H groups in total. The van der Waals surface area contributed by atoms with Crippen LogP contribution in [0.1, 0.15) is 16.8 Å². The number of aliphatic hydroxyl groups excluding tert-OH is 2. The van der Waals surface area contributed by atoms with Gasteiger partial charge in [-0.3, -0.25) is 9.36 Å². The SMILES string of the molecule is OC[C@@H](O)Cn1cc2c(n1)CCc1c-2sc2ncnc(Nc3ccc4c(cnn4Cc4ccccc4)c3)c12. The number of hydrogen-bond donors (Lipinski definition) is 3. The molecule has 190 valence electrons. The van der Waals surface area contributed by atoms with Gasteiger partial charge in [0.25, 0.3) is 0 Å². The van der Waals surface area contributed by atoms with E-state index < -0.39 is 6.10 Å². The van der Waals surface area contributed by atoms with Crippen molar-refractivity contribution in [1.29, 1.82) is 0 Å². The Morgan fingerprint density at radius 3 is 2.84 bits per heavy atom. The van der Waals surface area contributed by atoms with E-state index in [9.17, 15) is 10.2 Å². The first kappa shape index (κ1) is 23.0. The zero-order chi connectivity index (χ0) is 25.6. The van der Waals surface area contributed by atoms with Crippen molar-refractivity contribution >= 4 is 44.0 Å². The summed E-state index contributed by atoms with van der Waals surface area (Å²) >= 11 is 1.64. The van der Waals surface area contributed by atoms with Crippen LogP contribution in [0.15, 0.2) is 67.3 Å². The molecule has 0 unspecified atom stereocenters. The van der Waals surface area contributed by atoms with Crippen LogP contribution in [0, 0.1) is 0 Å². The summed E-state index contributed by atoms with van der Waals surface area (Å²) in [5.41, 5.74) is 6.53. The van der Waals surface area contributed by atoms with E-state index in [1.165, 1.54) is 11.1 Å².